The van der Waals surface area contributed by atoms with Crippen LogP contribution in [-0.2, 0) is 0 Å². The summed E-state index contributed by atoms with van der Waals surface area (Å²) in [5.41, 5.74) is 8.00. The molecule has 0 bridgehead atoms. The third-order valence-corrected chi connectivity index (χ3v) is 3.40. The minimum absolute atomic E-state index is 0.219. The van der Waals surface area contributed by atoms with Gasteiger partial charge in [-0.1, -0.05) is 37.2 Å². The van der Waals surface area contributed by atoms with Gasteiger partial charge in [0.05, 0.1) is 6.04 Å². The Kier molecular flexibility index (Phi) is 3.75. The van der Waals surface area contributed by atoms with Crippen molar-refractivity contribution in [3.63, 3.8) is 0 Å². The van der Waals surface area contributed by atoms with Gasteiger partial charge in [0.1, 0.15) is 12.4 Å². The Bertz CT molecular complexity index is 661. The highest BCUT2D eigenvalue weighted by molar-refractivity contribution is 5.82. The summed E-state index contributed by atoms with van der Waals surface area (Å²) in [6.07, 6.45) is 2.85. The van der Waals surface area contributed by atoms with Crippen LogP contribution >= 0.6 is 0 Å². The lowest BCUT2D eigenvalue weighted by Crippen LogP contribution is -2.13. The number of aromatic nitrogens is 2. The molecule has 0 saturated carbocycles. The summed E-state index contributed by atoms with van der Waals surface area (Å²) in [6.45, 7) is 4.67. The smallest absolute Gasteiger partial charge is 0.243 e. The maximum Gasteiger partial charge on any atom is 0.243 e. The molecule has 5 nitrogen and oxygen atoms in total. The molecule has 0 radical (unpaired) electrons. The first-order valence-corrected chi connectivity index (χ1v) is 7.15. The van der Waals surface area contributed by atoms with Gasteiger partial charge in [-0.05, 0) is 24.5 Å². The Labute approximate surface area is 123 Å². The van der Waals surface area contributed by atoms with Crippen molar-refractivity contribution in [1.29, 1.82) is 0 Å². The molecule has 0 spiro atoms. The molecule has 5 heteroatoms. The summed E-state index contributed by atoms with van der Waals surface area (Å²) in [7, 11) is 0. The number of nitrogens with two attached hydrogens (primary N) is 1. The Hall–Kier alpha value is -2.14. The fraction of sp³-hybridized carbons (Fsp3) is 0.375. The second-order valence-corrected chi connectivity index (χ2v) is 5.69. The molecule has 110 valence electrons. The van der Waals surface area contributed by atoms with Crippen LogP contribution in [0.5, 0.6) is 5.75 Å². The highest BCUT2D eigenvalue weighted by Crippen LogP contribution is 2.29. The standard InChI is InChI=1S/C16H19N3O2/c1-10(2)7-13(17)16-18-15(19-21-16)12-8-11-5-3-4-6-14(11)20-9-12/h3-6,8,10,13H,7,9,17H2,1-2H3/t13-/m0/s1. The van der Waals surface area contributed by atoms with Crippen molar-refractivity contribution >= 4 is 11.6 Å². The monoisotopic (exact) mass is 285 g/mol. The van der Waals surface area contributed by atoms with Crippen LogP contribution in [0.1, 0.15) is 43.6 Å². The molecule has 1 aromatic heterocycles. The van der Waals surface area contributed by atoms with Crippen molar-refractivity contribution in [3.8, 4) is 5.75 Å². The van der Waals surface area contributed by atoms with E-state index in [1.807, 2.05) is 30.3 Å². The van der Waals surface area contributed by atoms with Crippen LogP contribution in [0.2, 0.25) is 0 Å². The van der Waals surface area contributed by atoms with Crippen LogP contribution in [0.15, 0.2) is 28.8 Å². The summed E-state index contributed by atoms with van der Waals surface area (Å²) in [5, 5.41) is 4.03. The van der Waals surface area contributed by atoms with E-state index in [2.05, 4.69) is 24.0 Å². The third-order valence-electron chi connectivity index (χ3n) is 3.40. The lowest BCUT2D eigenvalue weighted by Gasteiger charge is -2.15. The summed E-state index contributed by atoms with van der Waals surface area (Å²) in [5.74, 6) is 2.40. The van der Waals surface area contributed by atoms with Gasteiger partial charge in [0.2, 0.25) is 11.7 Å². The van der Waals surface area contributed by atoms with Crippen LogP contribution in [0.4, 0.5) is 0 Å². The first-order valence-electron chi connectivity index (χ1n) is 7.15. The van der Waals surface area contributed by atoms with Gasteiger partial charge in [0.15, 0.2) is 0 Å². The van der Waals surface area contributed by atoms with Crippen molar-refractivity contribution in [2.24, 2.45) is 11.7 Å². The van der Waals surface area contributed by atoms with E-state index in [0.717, 1.165) is 23.3 Å². The SMILES string of the molecule is CC(C)C[C@H](N)c1nc(C2=Cc3ccccc3OC2)no1. The van der Waals surface area contributed by atoms with E-state index < -0.39 is 0 Å². The van der Waals surface area contributed by atoms with Crippen molar-refractivity contribution in [3.05, 3.63) is 41.5 Å². The Morgan fingerprint density at radius 2 is 2.10 bits per heavy atom. The van der Waals surface area contributed by atoms with Gasteiger partial charge in [-0.3, -0.25) is 0 Å². The molecule has 2 heterocycles. The van der Waals surface area contributed by atoms with Crippen LogP contribution in [-0.4, -0.2) is 16.7 Å². The molecule has 2 aromatic rings. The second kappa shape index (κ2) is 5.69. The Morgan fingerprint density at radius 3 is 2.90 bits per heavy atom. The second-order valence-electron chi connectivity index (χ2n) is 5.69. The number of para-hydroxylation sites is 1. The number of fused-ring (bicyclic) bond motifs is 1. The maximum atomic E-state index is 6.07. The molecule has 21 heavy (non-hydrogen) atoms. The number of benzene rings is 1. The van der Waals surface area contributed by atoms with E-state index in [9.17, 15) is 0 Å². The largest absolute Gasteiger partial charge is 0.488 e. The molecule has 0 unspecified atom stereocenters. The van der Waals surface area contributed by atoms with E-state index in [-0.39, 0.29) is 6.04 Å². The van der Waals surface area contributed by atoms with E-state index in [1.54, 1.807) is 0 Å². The van der Waals surface area contributed by atoms with Crippen molar-refractivity contribution in [2.75, 3.05) is 6.61 Å². The zero-order valence-corrected chi connectivity index (χ0v) is 12.2. The lowest BCUT2D eigenvalue weighted by molar-refractivity contribution is 0.332. The molecule has 0 amide bonds. The van der Waals surface area contributed by atoms with Crippen molar-refractivity contribution in [1.82, 2.24) is 10.1 Å². The first-order chi connectivity index (χ1) is 10.1. The minimum atomic E-state index is -0.219. The summed E-state index contributed by atoms with van der Waals surface area (Å²) in [4.78, 5) is 4.41. The number of ether oxygens (including phenoxy) is 1. The van der Waals surface area contributed by atoms with Crippen LogP contribution in [0, 0.1) is 5.92 Å². The molecule has 1 aromatic carbocycles. The van der Waals surface area contributed by atoms with Crippen molar-refractivity contribution < 1.29 is 9.26 Å². The zero-order chi connectivity index (χ0) is 14.8. The van der Waals surface area contributed by atoms with Gasteiger partial charge in [-0.25, -0.2) is 0 Å². The average Bonchev–Trinajstić information content (AvgIpc) is 2.96. The van der Waals surface area contributed by atoms with Crippen LogP contribution in [0.3, 0.4) is 0 Å². The molecule has 0 fully saturated rings. The molecule has 0 aliphatic carbocycles. The molecular weight excluding hydrogens is 266 g/mol. The zero-order valence-electron chi connectivity index (χ0n) is 12.2. The van der Waals surface area contributed by atoms with E-state index in [1.165, 1.54) is 0 Å². The molecule has 1 aliphatic rings. The number of hydrogen-bond acceptors (Lipinski definition) is 5. The summed E-state index contributed by atoms with van der Waals surface area (Å²) in [6, 6.07) is 7.66. The number of rotatable bonds is 4. The average molecular weight is 285 g/mol. The van der Waals surface area contributed by atoms with Gasteiger partial charge in [0, 0.05) is 11.1 Å². The summed E-state index contributed by atoms with van der Waals surface area (Å²) >= 11 is 0. The number of nitrogens with zero attached hydrogens (tertiary/aromatic N) is 2. The lowest BCUT2D eigenvalue weighted by atomic mass is 10.0. The first kappa shape index (κ1) is 13.8. The fourth-order valence-corrected chi connectivity index (χ4v) is 2.37. The van der Waals surface area contributed by atoms with Crippen LogP contribution < -0.4 is 10.5 Å². The topological polar surface area (TPSA) is 74.2 Å². The number of hydrogen-bond donors (Lipinski definition) is 1. The van der Waals surface area contributed by atoms with Gasteiger partial charge in [-0.2, -0.15) is 4.98 Å². The molecule has 0 saturated heterocycles. The van der Waals surface area contributed by atoms with Crippen molar-refractivity contribution in [2.45, 2.75) is 26.3 Å². The summed E-state index contributed by atoms with van der Waals surface area (Å²) < 4.78 is 11.0. The predicted octanol–water partition coefficient (Wildman–Crippen LogP) is 3.05. The van der Waals surface area contributed by atoms with Gasteiger partial charge in [0.25, 0.3) is 0 Å². The van der Waals surface area contributed by atoms with E-state index in [0.29, 0.717) is 24.2 Å². The fourth-order valence-electron chi connectivity index (χ4n) is 2.37. The molecular formula is C16H19N3O2. The minimum Gasteiger partial charge on any atom is -0.488 e. The predicted molar refractivity (Wildman–Crippen MR) is 80.5 cm³/mol. The van der Waals surface area contributed by atoms with Gasteiger partial charge < -0.3 is 15.0 Å². The highest BCUT2D eigenvalue weighted by Gasteiger charge is 2.20. The third kappa shape index (κ3) is 2.97. The van der Waals surface area contributed by atoms with Gasteiger partial charge >= 0.3 is 0 Å². The van der Waals surface area contributed by atoms with E-state index >= 15 is 0 Å². The Balaban J connectivity index is 1.83. The molecule has 2 N–H and O–H groups in total. The maximum absolute atomic E-state index is 6.07. The molecule has 1 aliphatic heterocycles. The Morgan fingerprint density at radius 1 is 1.29 bits per heavy atom. The van der Waals surface area contributed by atoms with E-state index in [4.69, 9.17) is 15.0 Å². The van der Waals surface area contributed by atoms with Crippen LogP contribution in [0.25, 0.3) is 11.6 Å². The normalized spacial score (nSPS) is 15.3. The molecule has 1 atom stereocenters. The highest BCUT2D eigenvalue weighted by atomic mass is 16.5. The quantitative estimate of drug-likeness (QED) is 0.934. The van der Waals surface area contributed by atoms with Gasteiger partial charge in [-0.15, -0.1) is 0 Å². The molecule has 3 rings (SSSR count).